The van der Waals surface area contributed by atoms with Gasteiger partial charge < -0.3 is 10.0 Å². The van der Waals surface area contributed by atoms with Crippen LogP contribution in [0.4, 0.5) is 5.13 Å². The number of aryl methyl sites for hydroxylation is 1. The summed E-state index contributed by atoms with van der Waals surface area (Å²) in [7, 11) is 0. The third-order valence-corrected chi connectivity index (χ3v) is 5.82. The molecule has 0 saturated carbocycles. The molecule has 1 aliphatic heterocycles. The first-order chi connectivity index (χ1) is 8.64. The van der Waals surface area contributed by atoms with Gasteiger partial charge in [0.2, 0.25) is 0 Å². The van der Waals surface area contributed by atoms with E-state index in [-0.39, 0.29) is 6.61 Å². The Bertz CT molecular complexity index is 388. The number of thiazole rings is 1. The average molecular weight is 268 g/mol. The Labute approximate surface area is 114 Å². The predicted octanol–water partition coefficient (Wildman–Crippen LogP) is 3.35. The molecule has 1 aliphatic rings. The van der Waals surface area contributed by atoms with Crippen LogP contribution in [-0.2, 0) is 6.61 Å². The molecule has 1 saturated heterocycles. The Hall–Kier alpha value is -0.610. The molecule has 102 valence electrons. The van der Waals surface area contributed by atoms with Gasteiger partial charge in [0, 0.05) is 13.1 Å². The zero-order chi connectivity index (χ0) is 13.2. The molecule has 18 heavy (non-hydrogen) atoms. The van der Waals surface area contributed by atoms with E-state index in [1.54, 1.807) is 11.3 Å². The summed E-state index contributed by atoms with van der Waals surface area (Å²) in [5.41, 5.74) is 1.54. The van der Waals surface area contributed by atoms with Crippen molar-refractivity contribution in [1.29, 1.82) is 0 Å². The summed E-state index contributed by atoms with van der Waals surface area (Å²) in [4.78, 5) is 7.99. The van der Waals surface area contributed by atoms with Crippen LogP contribution in [0.2, 0.25) is 0 Å². The van der Waals surface area contributed by atoms with Crippen LogP contribution in [0.3, 0.4) is 0 Å². The molecule has 1 aromatic heterocycles. The van der Waals surface area contributed by atoms with Crippen molar-refractivity contribution >= 4 is 16.5 Å². The lowest BCUT2D eigenvalue weighted by molar-refractivity contribution is 0.199. The van der Waals surface area contributed by atoms with Crippen molar-refractivity contribution in [3.63, 3.8) is 0 Å². The molecular formula is C14H24N2OS. The number of piperidine rings is 1. The molecule has 0 atom stereocenters. The SMILES string of the molecule is CCC1(CC)CCN(c2nc(C)c(CO)s2)CC1. The normalized spacial score (nSPS) is 19.2. The Morgan fingerprint density at radius 1 is 1.28 bits per heavy atom. The molecule has 2 rings (SSSR count). The van der Waals surface area contributed by atoms with Crippen molar-refractivity contribution in [2.45, 2.75) is 53.1 Å². The highest BCUT2D eigenvalue weighted by molar-refractivity contribution is 7.15. The second-order valence-corrected chi connectivity index (χ2v) is 6.42. The van der Waals surface area contributed by atoms with Crippen molar-refractivity contribution in [2.75, 3.05) is 18.0 Å². The van der Waals surface area contributed by atoms with E-state index >= 15 is 0 Å². The van der Waals surface area contributed by atoms with Crippen molar-refractivity contribution in [3.8, 4) is 0 Å². The number of rotatable bonds is 4. The minimum atomic E-state index is 0.116. The molecule has 0 aliphatic carbocycles. The molecule has 1 aromatic rings. The fraction of sp³-hybridized carbons (Fsp3) is 0.786. The molecule has 2 heterocycles. The smallest absolute Gasteiger partial charge is 0.185 e. The van der Waals surface area contributed by atoms with Crippen molar-refractivity contribution in [2.24, 2.45) is 5.41 Å². The summed E-state index contributed by atoms with van der Waals surface area (Å²) in [6.45, 7) is 8.95. The predicted molar refractivity (Wildman–Crippen MR) is 77.2 cm³/mol. The first kappa shape index (κ1) is 13.8. The second-order valence-electron chi connectivity index (χ2n) is 5.36. The molecule has 0 amide bonds. The molecule has 0 bridgehead atoms. The van der Waals surface area contributed by atoms with Gasteiger partial charge in [0.1, 0.15) is 0 Å². The monoisotopic (exact) mass is 268 g/mol. The van der Waals surface area contributed by atoms with Gasteiger partial charge in [-0.05, 0) is 25.2 Å². The zero-order valence-electron chi connectivity index (χ0n) is 11.7. The van der Waals surface area contributed by atoms with E-state index < -0.39 is 0 Å². The van der Waals surface area contributed by atoms with E-state index in [1.807, 2.05) is 6.92 Å². The molecule has 3 nitrogen and oxygen atoms in total. The molecule has 0 aromatic carbocycles. The summed E-state index contributed by atoms with van der Waals surface area (Å²) in [5, 5.41) is 10.3. The lowest BCUT2D eigenvalue weighted by atomic mass is 9.74. The number of anilines is 1. The number of nitrogens with zero attached hydrogens (tertiary/aromatic N) is 2. The van der Waals surface area contributed by atoms with Crippen LogP contribution < -0.4 is 4.90 Å². The van der Waals surface area contributed by atoms with Gasteiger partial charge in [0.05, 0.1) is 17.2 Å². The quantitative estimate of drug-likeness (QED) is 0.909. The summed E-state index contributed by atoms with van der Waals surface area (Å²) in [6, 6.07) is 0. The molecule has 1 N–H and O–H groups in total. The van der Waals surface area contributed by atoms with Crippen molar-refractivity contribution in [3.05, 3.63) is 10.6 Å². The van der Waals surface area contributed by atoms with Gasteiger partial charge in [0.25, 0.3) is 0 Å². The number of aromatic nitrogens is 1. The Morgan fingerprint density at radius 3 is 2.33 bits per heavy atom. The van der Waals surface area contributed by atoms with E-state index in [0.29, 0.717) is 5.41 Å². The van der Waals surface area contributed by atoms with Gasteiger partial charge in [-0.15, -0.1) is 0 Å². The number of aliphatic hydroxyl groups excluding tert-OH is 1. The van der Waals surface area contributed by atoms with E-state index in [0.717, 1.165) is 28.8 Å². The van der Waals surface area contributed by atoms with Crippen LogP contribution in [0.25, 0.3) is 0 Å². The summed E-state index contributed by atoms with van der Waals surface area (Å²) in [6.07, 6.45) is 5.12. The molecule has 1 fully saturated rings. The Balaban J connectivity index is 2.05. The van der Waals surface area contributed by atoms with Gasteiger partial charge in [-0.1, -0.05) is 38.0 Å². The third-order valence-electron chi connectivity index (χ3n) is 4.62. The topological polar surface area (TPSA) is 36.4 Å². The van der Waals surface area contributed by atoms with Crippen LogP contribution in [0, 0.1) is 12.3 Å². The first-order valence-electron chi connectivity index (χ1n) is 6.96. The van der Waals surface area contributed by atoms with Crippen LogP contribution in [0.1, 0.15) is 50.1 Å². The second kappa shape index (κ2) is 5.57. The largest absolute Gasteiger partial charge is 0.391 e. The van der Waals surface area contributed by atoms with Gasteiger partial charge >= 0.3 is 0 Å². The minimum absolute atomic E-state index is 0.116. The summed E-state index contributed by atoms with van der Waals surface area (Å²) in [5.74, 6) is 0. The first-order valence-corrected chi connectivity index (χ1v) is 7.78. The van der Waals surface area contributed by atoms with Gasteiger partial charge in [-0.25, -0.2) is 4.98 Å². The van der Waals surface area contributed by atoms with E-state index in [9.17, 15) is 5.11 Å². The summed E-state index contributed by atoms with van der Waals surface area (Å²) < 4.78 is 0. The minimum Gasteiger partial charge on any atom is -0.391 e. The highest BCUT2D eigenvalue weighted by Crippen LogP contribution is 2.40. The number of hydrogen-bond acceptors (Lipinski definition) is 4. The maximum absolute atomic E-state index is 9.24. The molecule has 0 unspecified atom stereocenters. The number of hydrogen-bond donors (Lipinski definition) is 1. The Kier molecular flexibility index (Phi) is 4.28. The molecule has 0 spiro atoms. The van der Waals surface area contributed by atoms with Crippen LogP contribution in [0.5, 0.6) is 0 Å². The van der Waals surface area contributed by atoms with E-state index in [2.05, 4.69) is 23.7 Å². The zero-order valence-corrected chi connectivity index (χ0v) is 12.5. The average Bonchev–Trinajstić information content (AvgIpc) is 2.80. The molecule has 4 heteroatoms. The Morgan fingerprint density at radius 2 is 1.89 bits per heavy atom. The molecule has 0 radical (unpaired) electrons. The van der Waals surface area contributed by atoms with Crippen molar-refractivity contribution in [1.82, 2.24) is 4.98 Å². The maximum Gasteiger partial charge on any atom is 0.185 e. The lowest BCUT2D eigenvalue weighted by Gasteiger charge is -2.40. The van der Waals surface area contributed by atoms with Crippen LogP contribution in [-0.4, -0.2) is 23.2 Å². The summed E-state index contributed by atoms with van der Waals surface area (Å²) >= 11 is 1.65. The van der Waals surface area contributed by atoms with Crippen molar-refractivity contribution < 1.29 is 5.11 Å². The molecular weight excluding hydrogens is 244 g/mol. The standard InChI is InChI=1S/C14H24N2OS/c1-4-14(5-2)6-8-16(9-7-14)13-15-11(3)12(10-17)18-13/h17H,4-10H2,1-3H3. The van der Waals surface area contributed by atoms with Gasteiger partial charge in [-0.3, -0.25) is 0 Å². The number of aliphatic hydroxyl groups is 1. The van der Waals surface area contributed by atoms with E-state index in [4.69, 9.17) is 0 Å². The lowest BCUT2D eigenvalue weighted by Crippen LogP contribution is -2.39. The highest BCUT2D eigenvalue weighted by Gasteiger charge is 2.32. The fourth-order valence-electron chi connectivity index (χ4n) is 2.82. The van der Waals surface area contributed by atoms with E-state index in [1.165, 1.54) is 25.7 Å². The van der Waals surface area contributed by atoms with Crippen LogP contribution >= 0.6 is 11.3 Å². The van der Waals surface area contributed by atoms with Gasteiger partial charge in [-0.2, -0.15) is 0 Å². The maximum atomic E-state index is 9.24. The van der Waals surface area contributed by atoms with Gasteiger partial charge in [0.15, 0.2) is 5.13 Å². The van der Waals surface area contributed by atoms with Crippen LogP contribution in [0.15, 0.2) is 0 Å². The third kappa shape index (κ3) is 2.54. The highest BCUT2D eigenvalue weighted by atomic mass is 32.1. The fourth-order valence-corrected chi connectivity index (χ4v) is 3.80.